The van der Waals surface area contributed by atoms with Gasteiger partial charge >= 0.3 is 0 Å². The predicted molar refractivity (Wildman–Crippen MR) is 119 cm³/mol. The Morgan fingerprint density at radius 3 is 2.19 bits per heavy atom. The average Bonchev–Trinajstić information content (AvgIpc) is 3.01. The van der Waals surface area contributed by atoms with Gasteiger partial charge in [-0.15, -0.1) is 0 Å². The molecule has 7 nitrogen and oxygen atoms in total. The SMILES string of the molecule is CCOc1ccc(N2C(=O)C(c3ccc(C)cc3)=C(N(C)CCO)C2=O)cc1OCC. The molecule has 0 aromatic heterocycles. The summed E-state index contributed by atoms with van der Waals surface area (Å²) in [6.07, 6.45) is 0. The van der Waals surface area contributed by atoms with Crippen LogP contribution >= 0.6 is 0 Å². The zero-order chi connectivity index (χ0) is 22.5. The van der Waals surface area contributed by atoms with Gasteiger partial charge in [-0.1, -0.05) is 29.8 Å². The number of benzene rings is 2. The Balaban J connectivity index is 2.08. The number of hydrogen-bond acceptors (Lipinski definition) is 6. The number of imide groups is 1. The molecule has 0 spiro atoms. The summed E-state index contributed by atoms with van der Waals surface area (Å²) in [7, 11) is 1.69. The Kier molecular flexibility index (Phi) is 6.97. The van der Waals surface area contributed by atoms with Gasteiger partial charge < -0.3 is 19.5 Å². The molecule has 2 aromatic rings. The number of hydrogen-bond donors (Lipinski definition) is 1. The van der Waals surface area contributed by atoms with Crippen LogP contribution in [0.4, 0.5) is 5.69 Å². The summed E-state index contributed by atoms with van der Waals surface area (Å²) in [6.45, 7) is 6.66. The number of aliphatic hydroxyl groups is 1. The molecule has 1 aliphatic heterocycles. The Hall–Kier alpha value is -3.32. The first-order valence-corrected chi connectivity index (χ1v) is 10.3. The van der Waals surface area contributed by atoms with Crippen molar-refractivity contribution >= 4 is 23.1 Å². The van der Waals surface area contributed by atoms with Gasteiger partial charge in [0.05, 0.1) is 31.1 Å². The minimum absolute atomic E-state index is 0.139. The predicted octanol–water partition coefficient (Wildman–Crippen LogP) is 3.00. The first-order chi connectivity index (χ1) is 14.9. The van der Waals surface area contributed by atoms with E-state index in [2.05, 4.69) is 0 Å². The second kappa shape index (κ2) is 9.66. The maximum absolute atomic E-state index is 13.5. The Labute approximate surface area is 182 Å². The first-order valence-electron chi connectivity index (χ1n) is 10.3. The second-order valence-corrected chi connectivity index (χ2v) is 7.18. The molecule has 3 rings (SSSR count). The maximum atomic E-state index is 13.5. The van der Waals surface area contributed by atoms with Gasteiger partial charge in [0.15, 0.2) is 11.5 Å². The van der Waals surface area contributed by atoms with E-state index in [0.717, 1.165) is 10.5 Å². The van der Waals surface area contributed by atoms with E-state index in [0.29, 0.717) is 41.5 Å². The van der Waals surface area contributed by atoms with Crippen molar-refractivity contribution < 1.29 is 24.2 Å². The fourth-order valence-corrected chi connectivity index (χ4v) is 3.53. The van der Waals surface area contributed by atoms with E-state index in [9.17, 15) is 14.7 Å². The summed E-state index contributed by atoms with van der Waals surface area (Å²) in [5.41, 5.74) is 2.68. The molecule has 0 aliphatic carbocycles. The van der Waals surface area contributed by atoms with Crippen LogP contribution in [0.3, 0.4) is 0 Å². The van der Waals surface area contributed by atoms with Crippen LogP contribution in [0, 0.1) is 6.92 Å². The quantitative estimate of drug-likeness (QED) is 0.624. The van der Waals surface area contributed by atoms with Crippen LogP contribution in [0.1, 0.15) is 25.0 Å². The molecule has 31 heavy (non-hydrogen) atoms. The normalized spacial score (nSPS) is 13.8. The standard InChI is InChI=1S/C24H28N2O5/c1-5-30-19-12-11-18(15-20(19)31-6-2)26-23(28)21(17-9-7-16(3)8-10-17)22(24(26)29)25(4)13-14-27/h7-12,15,27H,5-6,13-14H2,1-4H3. The number of aliphatic hydroxyl groups excluding tert-OH is 1. The lowest BCUT2D eigenvalue weighted by atomic mass is 10.0. The fourth-order valence-electron chi connectivity index (χ4n) is 3.53. The lowest BCUT2D eigenvalue weighted by molar-refractivity contribution is -0.120. The maximum Gasteiger partial charge on any atom is 0.282 e. The molecule has 0 saturated carbocycles. The lowest BCUT2D eigenvalue weighted by Crippen LogP contribution is -2.34. The second-order valence-electron chi connectivity index (χ2n) is 7.18. The van der Waals surface area contributed by atoms with Crippen molar-refractivity contribution in [3.05, 3.63) is 59.3 Å². The van der Waals surface area contributed by atoms with Crippen LogP contribution in [0.25, 0.3) is 5.57 Å². The molecule has 1 aliphatic rings. The molecule has 0 unspecified atom stereocenters. The van der Waals surface area contributed by atoms with Gasteiger partial charge in [0.2, 0.25) is 0 Å². The first kappa shape index (κ1) is 22.4. The van der Waals surface area contributed by atoms with Gasteiger partial charge in [-0.05, 0) is 38.5 Å². The highest BCUT2D eigenvalue weighted by atomic mass is 16.5. The van der Waals surface area contributed by atoms with Crippen LogP contribution in [0.5, 0.6) is 11.5 Å². The number of likely N-dealkylation sites (N-methyl/N-ethyl adjacent to an activating group) is 1. The molecule has 0 saturated heterocycles. The van der Waals surface area contributed by atoms with Crippen LogP contribution in [0.15, 0.2) is 48.2 Å². The van der Waals surface area contributed by atoms with Gasteiger partial charge in [-0.2, -0.15) is 0 Å². The van der Waals surface area contributed by atoms with Crippen molar-refractivity contribution in [3.63, 3.8) is 0 Å². The van der Waals surface area contributed by atoms with Crippen molar-refractivity contribution in [1.29, 1.82) is 0 Å². The molecular weight excluding hydrogens is 396 g/mol. The molecule has 2 amide bonds. The summed E-state index contributed by atoms with van der Waals surface area (Å²) >= 11 is 0. The molecule has 0 bridgehead atoms. The molecule has 164 valence electrons. The van der Waals surface area contributed by atoms with Crippen molar-refractivity contribution in [2.75, 3.05) is 38.3 Å². The number of ether oxygens (including phenoxy) is 2. The van der Waals surface area contributed by atoms with Crippen LogP contribution in [-0.4, -0.2) is 55.2 Å². The summed E-state index contributed by atoms with van der Waals surface area (Å²) in [4.78, 5) is 29.7. The summed E-state index contributed by atoms with van der Waals surface area (Å²) in [5.74, 6) is 0.163. The van der Waals surface area contributed by atoms with Crippen molar-refractivity contribution in [2.24, 2.45) is 0 Å². The van der Waals surface area contributed by atoms with Gasteiger partial charge in [-0.3, -0.25) is 9.59 Å². The summed E-state index contributed by atoms with van der Waals surface area (Å²) in [6, 6.07) is 12.5. The number of aryl methyl sites for hydroxylation is 1. The third-order valence-corrected chi connectivity index (χ3v) is 5.00. The van der Waals surface area contributed by atoms with E-state index in [-0.39, 0.29) is 18.8 Å². The number of amides is 2. The monoisotopic (exact) mass is 424 g/mol. The molecule has 7 heteroatoms. The van der Waals surface area contributed by atoms with E-state index in [1.807, 2.05) is 45.0 Å². The molecule has 1 N–H and O–H groups in total. The van der Waals surface area contributed by atoms with Crippen molar-refractivity contribution in [3.8, 4) is 11.5 Å². The zero-order valence-corrected chi connectivity index (χ0v) is 18.3. The summed E-state index contributed by atoms with van der Waals surface area (Å²) in [5, 5.41) is 9.40. The number of nitrogens with zero attached hydrogens (tertiary/aromatic N) is 2. The van der Waals surface area contributed by atoms with Gasteiger partial charge in [0, 0.05) is 19.7 Å². The van der Waals surface area contributed by atoms with Gasteiger partial charge in [-0.25, -0.2) is 4.90 Å². The van der Waals surface area contributed by atoms with Crippen LogP contribution in [0.2, 0.25) is 0 Å². The minimum Gasteiger partial charge on any atom is -0.490 e. The number of rotatable bonds is 9. The molecule has 0 atom stereocenters. The lowest BCUT2D eigenvalue weighted by Gasteiger charge is -2.21. The van der Waals surface area contributed by atoms with E-state index in [4.69, 9.17) is 9.47 Å². The smallest absolute Gasteiger partial charge is 0.282 e. The van der Waals surface area contributed by atoms with Crippen LogP contribution < -0.4 is 14.4 Å². The van der Waals surface area contributed by atoms with E-state index >= 15 is 0 Å². The molecule has 0 fully saturated rings. The zero-order valence-electron chi connectivity index (χ0n) is 18.3. The van der Waals surface area contributed by atoms with Crippen LogP contribution in [-0.2, 0) is 9.59 Å². The third-order valence-electron chi connectivity index (χ3n) is 5.00. The summed E-state index contributed by atoms with van der Waals surface area (Å²) < 4.78 is 11.3. The largest absolute Gasteiger partial charge is 0.490 e. The highest BCUT2D eigenvalue weighted by Gasteiger charge is 2.41. The molecule has 0 radical (unpaired) electrons. The minimum atomic E-state index is -0.442. The fraction of sp³-hybridized carbons (Fsp3) is 0.333. The third kappa shape index (κ3) is 4.41. The number of carbonyl (C=O) groups excluding carboxylic acids is 2. The molecule has 2 aromatic carbocycles. The van der Waals surface area contributed by atoms with E-state index < -0.39 is 11.8 Å². The Morgan fingerprint density at radius 1 is 0.935 bits per heavy atom. The van der Waals surface area contributed by atoms with E-state index in [1.54, 1.807) is 30.1 Å². The van der Waals surface area contributed by atoms with Crippen molar-refractivity contribution in [2.45, 2.75) is 20.8 Å². The van der Waals surface area contributed by atoms with Gasteiger partial charge in [0.1, 0.15) is 5.70 Å². The number of carbonyl (C=O) groups is 2. The Bertz CT molecular complexity index is 998. The highest BCUT2D eigenvalue weighted by molar-refractivity contribution is 6.45. The Morgan fingerprint density at radius 2 is 1.58 bits per heavy atom. The molecular formula is C24H28N2O5. The highest BCUT2D eigenvalue weighted by Crippen LogP contribution is 2.38. The number of anilines is 1. The van der Waals surface area contributed by atoms with Gasteiger partial charge in [0.25, 0.3) is 11.8 Å². The van der Waals surface area contributed by atoms with Crippen molar-refractivity contribution in [1.82, 2.24) is 4.90 Å². The topological polar surface area (TPSA) is 79.3 Å². The molecule has 1 heterocycles. The average molecular weight is 424 g/mol. The van der Waals surface area contributed by atoms with E-state index in [1.165, 1.54) is 0 Å².